The highest BCUT2D eigenvalue weighted by atomic mass is 19.1. The molecule has 0 saturated heterocycles. The number of aliphatic hydroxyl groups excluding tert-OH is 1. The van der Waals surface area contributed by atoms with Crippen molar-refractivity contribution >= 4 is 0 Å². The molecule has 124 valence electrons. The Bertz CT molecular complexity index is 743. The van der Waals surface area contributed by atoms with Gasteiger partial charge in [-0.3, -0.25) is 0 Å². The fourth-order valence-corrected chi connectivity index (χ4v) is 2.09. The van der Waals surface area contributed by atoms with Crippen molar-refractivity contribution in [2.75, 3.05) is 13.2 Å². The predicted octanol–water partition coefficient (Wildman–Crippen LogP) is 2.83. The number of imidazole rings is 1. The molecule has 0 saturated carbocycles. The van der Waals surface area contributed by atoms with Gasteiger partial charge in [0.25, 0.3) is 0 Å². The highest BCUT2D eigenvalue weighted by Gasteiger charge is 2.07. The summed E-state index contributed by atoms with van der Waals surface area (Å²) in [5, 5.41) is 9.89. The van der Waals surface area contributed by atoms with Crippen LogP contribution in [0.5, 0.6) is 11.5 Å². The second kappa shape index (κ2) is 7.61. The van der Waals surface area contributed by atoms with Gasteiger partial charge >= 0.3 is 0 Å². The van der Waals surface area contributed by atoms with E-state index >= 15 is 0 Å². The van der Waals surface area contributed by atoms with Gasteiger partial charge in [0.15, 0.2) is 0 Å². The van der Waals surface area contributed by atoms with Crippen LogP contribution in [-0.4, -0.2) is 34.0 Å². The second-order valence-electron chi connectivity index (χ2n) is 5.19. The first-order chi connectivity index (χ1) is 11.7. The average molecular weight is 328 g/mol. The molecule has 1 unspecified atom stereocenters. The number of hydrogen-bond acceptors (Lipinski definition) is 4. The molecule has 0 aliphatic heterocycles. The average Bonchev–Trinajstić information content (AvgIpc) is 3.14. The van der Waals surface area contributed by atoms with Gasteiger partial charge in [0.1, 0.15) is 36.6 Å². The number of halogens is 1. The molecule has 0 fully saturated rings. The van der Waals surface area contributed by atoms with E-state index in [4.69, 9.17) is 9.47 Å². The SMILES string of the molecule is OC(COc1ccc(F)cc1)COc1ccc(-n2ccnc2)cc1. The molecule has 2 aromatic carbocycles. The summed E-state index contributed by atoms with van der Waals surface area (Å²) in [7, 11) is 0. The maximum absolute atomic E-state index is 12.8. The third-order valence-corrected chi connectivity index (χ3v) is 3.34. The quantitative estimate of drug-likeness (QED) is 0.724. The Balaban J connectivity index is 1.45. The summed E-state index contributed by atoms with van der Waals surface area (Å²) in [6.07, 6.45) is 4.49. The minimum absolute atomic E-state index is 0.0682. The summed E-state index contributed by atoms with van der Waals surface area (Å²) in [6.45, 7) is 0.171. The molecular weight excluding hydrogens is 311 g/mol. The van der Waals surface area contributed by atoms with Gasteiger partial charge in [-0.15, -0.1) is 0 Å². The molecule has 0 aliphatic carbocycles. The van der Waals surface area contributed by atoms with E-state index in [1.807, 2.05) is 35.0 Å². The molecule has 0 amide bonds. The van der Waals surface area contributed by atoms with Crippen LogP contribution in [0.15, 0.2) is 67.3 Å². The summed E-state index contributed by atoms with van der Waals surface area (Å²) in [6, 6.07) is 13.1. The molecule has 0 bridgehead atoms. The lowest BCUT2D eigenvalue weighted by Crippen LogP contribution is -2.25. The van der Waals surface area contributed by atoms with E-state index in [-0.39, 0.29) is 19.0 Å². The van der Waals surface area contributed by atoms with Crippen molar-refractivity contribution in [1.82, 2.24) is 9.55 Å². The molecule has 3 aromatic rings. The van der Waals surface area contributed by atoms with E-state index < -0.39 is 6.10 Å². The Hall–Kier alpha value is -2.86. The molecule has 5 nitrogen and oxygen atoms in total. The zero-order valence-electron chi connectivity index (χ0n) is 12.9. The van der Waals surface area contributed by atoms with Gasteiger partial charge in [-0.2, -0.15) is 0 Å². The number of ether oxygens (including phenoxy) is 2. The molecular formula is C18H17FN2O3. The van der Waals surface area contributed by atoms with Gasteiger partial charge < -0.3 is 19.1 Å². The first-order valence-corrected chi connectivity index (χ1v) is 7.48. The van der Waals surface area contributed by atoms with Crippen molar-refractivity contribution in [3.05, 3.63) is 73.1 Å². The predicted molar refractivity (Wildman–Crippen MR) is 87.0 cm³/mol. The van der Waals surface area contributed by atoms with Gasteiger partial charge in [-0.05, 0) is 48.5 Å². The van der Waals surface area contributed by atoms with Gasteiger partial charge in [0.05, 0.1) is 6.33 Å². The van der Waals surface area contributed by atoms with Crippen LogP contribution in [-0.2, 0) is 0 Å². The van der Waals surface area contributed by atoms with Crippen LogP contribution < -0.4 is 9.47 Å². The number of rotatable bonds is 7. The zero-order chi connectivity index (χ0) is 16.8. The fourth-order valence-electron chi connectivity index (χ4n) is 2.09. The van der Waals surface area contributed by atoms with Crippen LogP contribution >= 0.6 is 0 Å². The van der Waals surface area contributed by atoms with E-state index in [9.17, 15) is 9.50 Å². The number of benzene rings is 2. The van der Waals surface area contributed by atoms with E-state index in [2.05, 4.69) is 4.98 Å². The molecule has 1 atom stereocenters. The molecule has 24 heavy (non-hydrogen) atoms. The van der Waals surface area contributed by atoms with Crippen molar-refractivity contribution in [2.45, 2.75) is 6.10 Å². The summed E-state index contributed by atoms with van der Waals surface area (Å²) < 4.78 is 25.6. The van der Waals surface area contributed by atoms with E-state index in [0.29, 0.717) is 11.5 Å². The van der Waals surface area contributed by atoms with Crippen molar-refractivity contribution in [1.29, 1.82) is 0 Å². The maximum Gasteiger partial charge on any atom is 0.123 e. The third-order valence-electron chi connectivity index (χ3n) is 3.34. The van der Waals surface area contributed by atoms with Crippen LogP contribution in [0.3, 0.4) is 0 Å². The van der Waals surface area contributed by atoms with Crippen molar-refractivity contribution in [3.8, 4) is 17.2 Å². The second-order valence-corrected chi connectivity index (χ2v) is 5.19. The molecule has 1 N–H and O–H groups in total. The highest BCUT2D eigenvalue weighted by Crippen LogP contribution is 2.16. The fraction of sp³-hybridized carbons (Fsp3) is 0.167. The van der Waals surface area contributed by atoms with Gasteiger partial charge in [0.2, 0.25) is 0 Å². The standard InChI is InChI=1S/C18H17FN2O3/c19-14-1-5-17(6-2-14)23-11-16(22)12-24-18-7-3-15(4-8-18)21-10-9-20-13-21/h1-10,13,16,22H,11-12H2. The lowest BCUT2D eigenvalue weighted by atomic mass is 10.3. The van der Waals surface area contributed by atoms with Crippen molar-refractivity contribution in [3.63, 3.8) is 0 Å². The highest BCUT2D eigenvalue weighted by molar-refractivity contribution is 5.37. The number of nitrogens with zero attached hydrogens (tertiary/aromatic N) is 2. The van der Waals surface area contributed by atoms with Crippen LogP contribution in [0, 0.1) is 5.82 Å². The molecule has 1 heterocycles. The minimum Gasteiger partial charge on any atom is -0.491 e. The summed E-state index contributed by atoms with van der Waals surface area (Å²) >= 11 is 0. The Morgan fingerprint density at radius 1 is 0.958 bits per heavy atom. The van der Waals surface area contributed by atoms with Crippen molar-refractivity contribution < 1.29 is 19.0 Å². The van der Waals surface area contributed by atoms with Gasteiger partial charge in [-0.1, -0.05) is 0 Å². The lowest BCUT2D eigenvalue weighted by molar-refractivity contribution is 0.0626. The largest absolute Gasteiger partial charge is 0.491 e. The smallest absolute Gasteiger partial charge is 0.123 e. The van der Waals surface area contributed by atoms with Gasteiger partial charge in [-0.25, -0.2) is 9.37 Å². The molecule has 0 aliphatic rings. The first-order valence-electron chi connectivity index (χ1n) is 7.48. The number of aromatic nitrogens is 2. The first kappa shape index (κ1) is 16.0. The summed E-state index contributed by atoms with van der Waals surface area (Å²) in [5.74, 6) is 0.824. The Morgan fingerprint density at radius 3 is 2.08 bits per heavy atom. The number of aliphatic hydroxyl groups is 1. The monoisotopic (exact) mass is 328 g/mol. The lowest BCUT2D eigenvalue weighted by Gasteiger charge is -2.14. The maximum atomic E-state index is 12.8. The van der Waals surface area contributed by atoms with Crippen molar-refractivity contribution in [2.24, 2.45) is 0 Å². The molecule has 0 radical (unpaired) electrons. The molecule has 0 spiro atoms. The molecule has 1 aromatic heterocycles. The Labute approximate surface area is 138 Å². The Morgan fingerprint density at radius 2 is 1.54 bits per heavy atom. The summed E-state index contributed by atoms with van der Waals surface area (Å²) in [5.41, 5.74) is 0.972. The topological polar surface area (TPSA) is 56.5 Å². The van der Waals surface area contributed by atoms with Crippen LogP contribution in [0.2, 0.25) is 0 Å². The van der Waals surface area contributed by atoms with E-state index in [1.165, 1.54) is 24.3 Å². The molecule has 3 rings (SSSR count). The van der Waals surface area contributed by atoms with Crippen LogP contribution in [0.1, 0.15) is 0 Å². The summed E-state index contributed by atoms with van der Waals surface area (Å²) in [4.78, 5) is 3.99. The van der Waals surface area contributed by atoms with Crippen LogP contribution in [0.4, 0.5) is 4.39 Å². The normalized spacial score (nSPS) is 11.9. The van der Waals surface area contributed by atoms with E-state index in [1.54, 1.807) is 12.5 Å². The van der Waals surface area contributed by atoms with Gasteiger partial charge in [0, 0.05) is 18.1 Å². The number of hydrogen-bond donors (Lipinski definition) is 1. The third kappa shape index (κ3) is 4.33. The van der Waals surface area contributed by atoms with Crippen LogP contribution in [0.25, 0.3) is 5.69 Å². The van der Waals surface area contributed by atoms with E-state index in [0.717, 1.165) is 5.69 Å². The Kier molecular flexibility index (Phi) is 5.08. The zero-order valence-corrected chi connectivity index (χ0v) is 12.9. The molecule has 6 heteroatoms. The minimum atomic E-state index is -0.789.